The van der Waals surface area contributed by atoms with E-state index in [0.29, 0.717) is 93.8 Å². The summed E-state index contributed by atoms with van der Waals surface area (Å²) in [6, 6.07) is 59.8. The van der Waals surface area contributed by atoms with Crippen molar-refractivity contribution in [3.8, 4) is 0 Å². The molecule has 5 aliphatic rings. The van der Waals surface area contributed by atoms with Crippen molar-refractivity contribution in [2.75, 3.05) is 26.7 Å². The number of anilines is 4. The minimum atomic E-state index is -1.27. The summed E-state index contributed by atoms with van der Waals surface area (Å²) in [6.45, 7) is 9.02. The number of hydrogen-bond acceptors (Lipinski definition) is 16. The lowest BCUT2D eigenvalue weighted by Crippen LogP contribution is -2.50. The number of benzene rings is 11. The first kappa shape index (κ1) is 105. The first-order chi connectivity index (χ1) is 67.9. The van der Waals surface area contributed by atoms with Gasteiger partial charge in [-0.3, -0.25) is 67.5 Å². The second kappa shape index (κ2) is 46.8. The van der Waals surface area contributed by atoms with Crippen LogP contribution in [0.1, 0.15) is 157 Å². The van der Waals surface area contributed by atoms with Crippen LogP contribution in [-0.2, 0) is 88.0 Å². The summed E-state index contributed by atoms with van der Waals surface area (Å²) in [6.07, 6.45) is 5.08. The normalized spacial score (nSPS) is 16.2. The van der Waals surface area contributed by atoms with Gasteiger partial charge >= 0.3 is 36.0 Å². The molecule has 2 fully saturated rings. The van der Waals surface area contributed by atoms with Crippen LogP contribution in [0.25, 0.3) is 4.85 Å². The Labute approximate surface area is 853 Å². The number of halogens is 8. The highest BCUT2D eigenvalue weighted by Crippen LogP contribution is 2.48. The number of carboxylic acids is 4. The van der Waals surface area contributed by atoms with Gasteiger partial charge in [0.1, 0.15) is 30.2 Å². The van der Waals surface area contributed by atoms with Gasteiger partial charge in [0.15, 0.2) is 5.78 Å². The third-order valence-electron chi connectivity index (χ3n) is 24.6. The summed E-state index contributed by atoms with van der Waals surface area (Å²) in [5.41, 5.74) is 8.27. The fourth-order valence-electron chi connectivity index (χ4n) is 17.5. The van der Waals surface area contributed by atoms with Gasteiger partial charge in [0.2, 0.25) is 11.8 Å². The number of aliphatic carboxylic acids is 4. The molecule has 1 spiro atoms. The minimum absolute atomic E-state index is 0.00148. The summed E-state index contributed by atoms with van der Waals surface area (Å²) in [5, 5.41) is 49.4. The molecule has 29 nitrogen and oxygen atoms in total. The van der Waals surface area contributed by atoms with Crippen molar-refractivity contribution in [1.29, 1.82) is 0 Å². The highest BCUT2D eigenvalue weighted by atomic mass is 35.5. The standard InChI is InChI=1S/C27H22Cl2N2O6.C27H22Cl2N2O5.C26H19Cl2N3O4.C25H24Cl2N2O5/c1-37-27(36)22-14-16-5-2-3-6-18(16)25(33)31(22)17-11-9-15(10-12-17)13-21(26(34)35)30-24(32)23-19(28)7-4-8-20(23)29;1-15(32)23-14-17-5-2-3-6-19(17)26(34)31(23)18-11-9-16(10-12-18)13-22(27(35)36)30-25(33)24-20(28)7-4-8-21(24)29;1-29-22-14-16-5-2-3-6-18(16)25(33)31(22)17-11-9-15(10-12-17)13-21(26(34)35)30-24(32)23-19(27)7-4-8-20(23)28;26-17-4-3-5-18(27)22(17)23(32)28-19(24(33)34)12-15-6-8-16(9-7-15)29-20(30)13-25(14-21(29)31)10-1-2-11-25/h2-12,21-22H,13-14H2,1H3,(H,30,32)(H,34,35);2-12,22-23H,13-14H2,1H3,(H,30,33)(H,35,36);2-12,21-22H,13-14H2,(H,30,32)(H,34,35);3-9,19H,1-2,10-14H2,(H,28,32)(H,33,34)/t21-,22?;22-,23?;21-,22?;19-/m0000/s1. The number of imide groups is 1. The molecule has 1 aliphatic carbocycles. The average Bonchev–Trinajstić information content (AvgIpc) is 0.784. The monoisotopic (exact) mass is 2070 g/mol. The predicted molar refractivity (Wildman–Crippen MR) is 536 cm³/mol. The lowest BCUT2D eigenvalue weighted by molar-refractivity contribution is -0.142. The van der Waals surface area contributed by atoms with Gasteiger partial charge in [-0.05, 0) is 179 Å². The molecule has 4 heterocycles. The lowest BCUT2D eigenvalue weighted by atomic mass is 9.76. The Kier molecular flexibility index (Phi) is 34.6. The molecule has 11 aromatic rings. The molecule has 4 aliphatic heterocycles. The molecule has 0 radical (unpaired) electrons. The van der Waals surface area contributed by atoms with E-state index in [0.717, 1.165) is 42.4 Å². The molecule has 11 aromatic carbocycles. The average molecular weight is 2080 g/mol. The van der Waals surface area contributed by atoms with Crippen LogP contribution in [0.15, 0.2) is 243 Å². The number of nitrogens with zero attached hydrogens (tertiary/aromatic N) is 5. The van der Waals surface area contributed by atoms with Gasteiger partial charge in [-0.15, -0.1) is 0 Å². The Bertz CT molecular complexity index is 6740. The van der Waals surface area contributed by atoms with Crippen molar-refractivity contribution >= 4 is 204 Å². The third kappa shape index (κ3) is 24.6. The van der Waals surface area contributed by atoms with Gasteiger partial charge in [0.05, 0.1) is 93.4 Å². The van der Waals surface area contributed by atoms with Gasteiger partial charge < -0.3 is 46.4 Å². The number of rotatable bonds is 26. The number of piperidine rings is 1. The summed E-state index contributed by atoms with van der Waals surface area (Å²) in [5.74, 6) is -9.62. The van der Waals surface area contributed by atoms with Crippen molar-refractivity contribution in [1.82, 2.24) is 21.3 Å². The van der Waals surface area contributed by atoms with Crippen molar-refractivity contribution in [2.45, 2.75) is 133 Å². The van der Waals surface area contributed by atoms with Gasteiger partial charge in [-0.2, -0.15) is 0 Å². The number of ketones is 1. The molecule has 3 unspecified atom stereocenters. The number of carbonyl (C=O) groups is 15. The number of amides is 9. The van der Waals surface area contributed by atoms with E-state index in [1.54, 1.807) is 164 Å². The van der Waals surface area contributed by atoms with Crippen LogP contribution in [0.3, 0.4) is 0 Å². The smallest absolute Gasteiger partial charge is 0.329 e. The number of carboxylic acid groups (broad SMARTS) is 4. The van der Waals surface area contributed by atoms with Crippen LogP contribution in [0.2, 0.25) is 40.2 Å². The van der Waals surface area contributed by atoms with E-state index in [1.807, 2.05) is 30.3 Å². The molecule has 16 rings (SSSR count). The molecular formula is C105H87Cl8N9O20. The number of esters is 1. The number of ether oxygens (including phenoxy) is 1. The van der Waals surface area contributed by atoms with Crippen LogP contribution < -0.4 is 40.9 Å². The molecule has 728 valence electrons. The maximum absolute atomic E-state index is 13.3. The second-order valence-electron chi connectivity index (χ2n) is 33.9. The number of hydrogen-bond donors (Lipinski definition) is 8. The first-order valence-corrected chi connectivity index (χ1v) is 47.2. The molecule has 142 heavy (non-hydrogen) atoms. The second-order valence-corrected chi connectivity index (χ2v) is 37.2. The van der Waals surface area contributed by atoms with E-state index < -0.39 is 95.9 Å². The number of carbonyl (C=O) groups excluding carboxylic acids is 11. The highest BCUT2D eigenvalue weighted by molar-refractivity contribution is 6.42. The Morgan fingerprint density at radius 3 is 0.908 bits per heavy atom. The lowest BCUT2D eigenvalue weighted by Gasteiger charge is -2.37. The van der Waals surface area contributed by atoms with Crippen molar-refractivity contribution in [2.24, 2.45) is 5.41 Å². The summed E-state index contributed by atoms with van der Waals surface area (Å²) in [4.78, 5) is 197. The quantitative estimate of drug-likeness (QED) is 0.0142. The molecule has 7 atom stereocenters. The highest BCUT2D eigenvalue weighted by Gasteiger charge is 2.47. The Balaban J connectivity index is 0.000000159. The van der Waals surface area contributed by atoms with E-state index in [1.165, 1.54) is 82.2 Å². The summed E-state index contributed by atoms with van der Waals surface area (Å²) >= 11 is 48.5. The topological polar surface area (TPSA) is 412 Å². The van der Waals surface area contributed by atoms with Crippen LogP contribution >= 0.6 is 92.8 Å². The first-order valence-electron chi connectivity index (χ1n) is 44.2. The van der Waals surface area contributed by atoms with Crippen LogP contribution in [0.4, 0.5) is 22.7 Å². The number of Topliss-reactive ketones (excluding diaryl/α,β-unsaturated/α-hetero) is 1. The van der Waals surface area contributed by atoms with E-state index >= 15 is 0 Å². The van der Waals surface area contributed by atoms with E-state index in [9.17, 15) is 92.3 Å². The largest absolute Gasteiger partial charge is 0.480 e. The van der Waals surface area contributed by atoms with Crippen LogP contribution in [0.5, 0.6) is 0 Å². The van der Waals surface area contributed by atoms with Crippen LogP contribution in [0, 0.1) is 12.0 Å². The molecular weight excluding hydrogens is 1990 g/mol. The molecule has 8 N–H and O–H groups in total. The SMILES string of the molecule is CC(=O)C1Cc2ccccc2C(=O)N1c1ccc(C[C@H](NC(=O)c2c(Cl)cccc2Cl)C(=O)O)cc1.COC(=O)C1Cc2ccccc2C(=O)N1c1ccc(C[C@H](NC(=O)c2c(Cl)cccc2Cl)C(=O)O)cc1.O=C(N[C@@H](Cc1ccc(N2C(=O)CC3(CCCC3)CC2=O)cc1)C(=O)O)c1c(Cl)cccc1Cl.[C-]#[N+]C1Cc2ccccc2C(=O)N1c1ccc(C[C@H](NC(=O)c2c(Cl)cccc2Cl)C(=O)O)cc1. The maximum Gasteiger partial charge on any atom is 0.329 e. The van der Waals surface area contributed by atoms with E-state index in [4.69, 9.17) is 104 Å². The Morgan fingerprint density at radius 1 is 0.366 bits per heavy atom. The summed E-state index contributed by atoms with van der Waals surface area (Å²) in [7, 11) is 1.27. The van der Waals surface area contributed by atoms with Crippen molar-refractivity contribution < 1.29 is 97.1 Å². The van der Waals surface area contributed by atoms with E-state index in [-0.39, 0.29) is 129 Å². The number of fused-ring (bicyclic) bond motifs is 3. The van der Waals surface area contributed by atoms with Crippen molar-refractivity contribution in [3.63, 3.8) is 0 Å². The molecule has 37 heteroatoms. The van der Waals surface area contributed by atoms with Crippen molar-refractivity contribution in [3.05, 3.63) is 372 Å². The maximum atomic E-state index is 13.3. The van der Waals surface area contributed by atoms with Crippen LogP contribution in [-0.4, -0.2) is 159 Å². The zero-order valence-corrected chi connectivity index (χ0v) is 81.5. The fourth-order valence-corrected chi connectivity index (χ4v) is 19.8. The third-order valence-corrected chi connectivity index (χ3v) is 27.1. The zero-order valence-electron chi connectivity index (χ0n) is 75.4. The summed E-state index contributed by atoms with van der Waals surface area (Å²) < 4.78 is 4.94. The van der Waals surface area contributed by atoms with Gasteiger partial charge in [-0.25, -0.2) is 35.4 Å². The van der Waals surface area contributed by atoms with Gasteiger partial charge in [0, 0.05) is 79.4 Å². The molecule has 1 saturated carbocycles. The van der Waals surface area contributed by atoms with Gasteiger partial charge in [-0.1, -0.05) is 233 Å². The Hall–Kier alpha value is -14.3. The van der Waals surface area contributed by atoms with Gasteiger partial charge in [0.25, 0.3) is 41.4 Å². The number of methoxy groups -OCH3 is 1. The molecule has 0 aromatic heterocycles. The molecule has 9 amide bonds. The minimum Gasteiger partial charge on any atom is -0.480 e. The molecule has 1 saturated heterocycles. The predicted octanol–water partition coefficient (Wildman–Crippen LogP) is 18.2. The van der Waals surface area contributed by atoms with E-state index in [2.05, 4.69) is 26.1 Å². The zero-order chi connectivity index (χ0) is 102. The Morgan fingerprint density at radius 2 is 0.627 bits per heavy atom. The number of nitrogens with one attached hydrogen (secondary N) is 4. The molecule has 0 bridgehead atoms. The fraction of sp³-hybridized carbons (Fsp3) is 0.219.